The minimum Gasteiger partial charge on any atom is -0.394 e. The number of aliphatic hydroxyl groups excluding tert-OH is 2. The molecule has 5 N–H and O–H groups in total. The smallest absolute Gasteiger partial charge is 0.104 e. The highest BCUT2D eigenvalue weighted by Gasteiger charge is 1.98. The van der Waals surface area contributed by atoms with Crippen LogP contribution in [0.3, 0.4) is 0 Å². The van der Waals surface area contributed by atoms with Crippen LogP contribution < -0.4 is 11.1 Å². The van der Waals surface area contributed by atoms with E-state index in [0.29, 0.717) is 6.04 Å². The van der Waals surface area contributed by atoms with Gasteiger partial charge in [-0.2, -0.15) is 11.8 Å². The first kappa shape index (κ1) is 33.5. The van der Waals surface area contributed by atoms with E-state index in [1.807, 2.05) is 32.5 Å². The summed E-state index contributed by atoms with van der Waals surface area (Å²) in [5.74, 6) is 2.11. The van der Waals surface area contributed by atoms with Crippen molar-refractivity contribution < 1.29 is 10.2 Å². The van der Waals surface area contributed by atoms with Gasteiger partial charge in [-0.25, -0.2) is 0 Å². The first-order valence-electron chi connectivity index (χ1n) is 10.3. The van der Waals surface area contributed by atoms with Gasteiger partial charge in [-0.05, 0) is 46.6 Å². The standard InChI is InChI=1S/C8H19NO.C8H17NS.C3H8O.C2H6/c1-3-5-7-9-8(10)6-4-2;1-4-8(9)6-10-5-7(2)3;1-3(2)4;1-2/h8-10H,3-7H2,1-2H3;8H,2,4-6,9H2,1,3H3;3-4H,1-2H3;1-2H3. The minimum atomic E-state index is -0.281. The molecule has 0 radical (unpaired) electrons. The molecule has 162 valence electrons. The van der Waals surface area contributed by atoms with E-state index in [2.05, 4.69) is 32.7 Å². The SMILES string of the molecule is C=C(C)CSCC(N)CC.CC.CC(C)O.CCCCNC(O)CCC. The fourth-order valence-corrected chi connectivity index (χ4v) is 2.33. The van der Waals surface area contributed by atoms with E-state index in [9.17, 15) is 0 Å². The number of unbranched alkanes of at least 4 members (excludes halogenated alkanes) is 1. The van der Waals surface area contributed by atoms with E-state index < -0.39 is 0 Å². The Hall–Kier alpha value is -0.0700. The second-order valence-corrected chi connectivity index (χ2v) is 7.38. The molecule has 5 heteroatoms. The summed E-state index contributed by atoms with van der Waals surface area (Å²) in [7, 11) is 0. The van der Waals surface area contributed by atoms with Gasteiger partial charge in [0, 0.05) is 23.7 Å². The lowest BCUT2D eigenvalue weighted by atomic mass is 10.3. The van der Waals surface area contributed by atoms with Gasteiger partial charge in [-0.3, -0.25) is 5.32 Å². The molecule has 0 saturated heterocycles. The van der Waals surface area contributed by atoms with Crippen molar-refractivity contribution in [1.29, 1.82) is 0 Å². The van der Waals surface area contributed by atoms with Gasteiger partial charge in [0.05, 0.1) is 0 Å². The van der Waals surface area contributed by atoms with Crippen molar-refractivity contribution in [3.63, 3.8) is 0 Å². The molecular formula is C21H50N2O2S. The van der Waals surface area contributed by atoms with Crippen molar-refractivity contribution >= 4 is 11.8 Å². The summed E-state index contributed by atoms with van der Waals surface area (Å²) in [4.78, 5) is 0. The van der Waals surface area contributed by atoms with Crippen LogP contribution in [-0.2, 0) is 0 Å². The lowest BCUT2D eigenvalue weighted by Gasteiger charge is -2.10. The van der Waals surface area contributed by atoms with Crippen molar-refractivity contribution in [2.24, 2.45) is 5.73 Å². The molecule has 0 aliphatic rings. The lowest BCUT2D eigenvalue weighted by Crippen LogP contribution is -2.29. The van der Waals surface area contributed by atoms with Gasteiger partial charge in [-0.1, -0.05) is 59.6 Å². The predicted octanol–water partition coefficient (Wildman–Crippen LogP) is 4.94. The number of thioether (sulfide) groups is 1. The Morgan fingerprint density at radius 2 is 1.62 bits per heavy atom. The number of nitrogens with two attached hydrogens (primary N) is 1. The van der Waals surface area contributed by atoms with Gasteiger partial charge in [0.1, 0.15) is 6.23 Å². The summed E-state index contributed by atoms with van der Waals surface area (Å²) in [5.41, 5.74) is 6.94. The van der Waals surface area contributed by atoms with Crippen molar-refractivity contribution in [2.75, 3.05) is 18.1 Å². The van der Waals surface area contributed by atoms with Crippen LogP contribution in [-0.4, -0.2) is 46.6 Å². The van der Waals surface area contributed by atoms with Gasteiger partial charge < -0.3 is 15.9 Å². The highest BCUT2D eigenvalue weighted by Crippen LogP contribution is 2.07. The molecule has 0 aliphatic heterocycles. The molecule has 0 aromatic heterocycles. The first-order chi connectivity index (χ1) is 12.2. The van der Waals surface area contributed by atoms with Crippen LogP contribution in [0.15, 0.2) is 12.2 Å². The van der Waals surface area contributed by atoms with Crippen LogP contribution in [0.25, 0.3) is 0 Å². The highest BCUT2D eigenvalue weighted by atomic mass is 32.2. The third-order valence-corrected chi connectivity index (χ3v) is 4.04. The molecule has 0 fully saturated rings. The monoisotopic (exact) mass is 394 g/mol. The maximum Gasteiger partial charge on any atom is 0.104 e. The number of rotatable bonds is 11. The molecular weight excluding hydrogens is 344 g/mol. The Balaban J connectivity index is -0.000000143. The molecule has 0 aromatic rings. The quantitative estimate of drug-likeness (QED) is 0.227. The van der Waals surface area contributed by atoms with E-state index in [0.717, 1.165) is 43.7 Å². The van der Waals surface area contributed by atoms with Gasteiger partial charge in [0.25, 0.3) is 0 Å². The Kier molecular flexibility index (Phi) is 38.3. The molecule has 4 nitrogen and oxygen atoms in total. The van der Waals surface area contributed by atoms with Crippen molar-refractivity contribution in [3.05, 3.63) is 12.2 Å². The Bertz CT molecular complexity index is 249. The van der Waals surface area contributed by atoms with Gasteiger partial charge >= 0.3 is 0 Å². The largest absolute Gasteiger partial charge is 0.394 e. The van der Waals surface area contributed by atoms with Crippen LogP contribution >= 0.6 is 11.8 Å². The fraction of sp³-hybridized carbons (Fsp3) is 0.905. The summed E-state index contributed by atoms with van der Waals surface area (Å²) < 4.78 is 0. The third-order valence-electron chi connectivity index (χ3n) is 2.68. The second kappa shape index (κ2) is 29.7. The van der Waals surface area contributed by atoms with E-state index >= 15 is 0 Å². The average Bonchev–Trinajstić information content (AvgIpc) is 2.57. The maximum absolute atomic E-state index is 9.16. The zero-order valence-corrected chi connectivity index (χ0v) is 19.8. The van der Waals surface area contributed by atoms with Gasteiger partial charge in [0.2, 0.25) is 0 Å². The molecule has 0 heterocycles. The molecule has 2 unspecified atom stereocenters. The number of nitrogens with one attached hydrogen (secondary N) is 1. The van der Waals surface area contributed by atoms with E-state index in [1.165, 1.54) is 12.0 Å². The molecule has 26 heavy (non-hydrogen) atoms. The molecule has 0 aliphatic carbocycles. The zero-order chi connectivity index (χ0) is 21.4. The summed E-state index contributed by atoms with van der Waals surface area (Å²) in [6.45, 7) is 20.6. The number of hydrogen-bond acceptors (Lipinski definition) is 5. The summed E-state index contributed by atoms with van der Waals surface area (Å²) >= 11 is 1.87. The van der Waals surface area contributed by atoms with Crippen LogP contribution in [0.5, 0.6) is 0 Å². The molecule has 0 amide bonds. The molecule has 0 aromatic carbocycles. The topological polar surface area (TPSA) is 78.5 Å². The van der Waals surface area contributed by atoms with Crippen molar-refractivity contribution in [2.45, 2.75) is 106 Å². The summed E-state index contributed by atoms with van der Waals surface area (Å²) in [6.07, 6.45) is 4.87. The van der Waals surface area contributed by atoms with Crippen LogP contribution in [0.4, 0.5) is 0 Å². The normalized spacial score (nSPS) is 11.8. The van der Waals surface area contributed by atoms with Gasteiger partial charge in [-0.15, -0.1) is 0 Å². The van der Waals surface area contributed by atoms with Gasteiger partial charge in [0.15, 0.2) is 0 Å². The fourth-order valence-electron chi connectivity index (χ4n) is 1.32. The molecule has 2 atom stereocenters. The molecule has 0 spiro atoms. The Labute approximate surface area is 169 Å². The van der Waals surface area contributed by atoms with E-state index in [4.69, 9.17) is 15.9 Å². The summed E-state index contributed by atoms with van der Waals surface area (Å²) in [5, 5.41) is 20.3. The summed E-state index contributed by atoms with van der Waals surface area (Å²) in [6, 6.07) is 0.365. The van der Waals surface area contributed by atoms with E-state index in [1.54, 1.807) is 13.8 Å². The Morgan fingerprint density at radius 3 is 1.96 bits per heavy atom. The second-order valence-electron chi connectivity index (χ2n) is 6.35. The predicted molar refractivity (Wildman–Crippen MR) is 123 cm³/mol. The molecule has 0 bridgehead atoms. The average molecular weight is 395 g/mol. The lowest BCUT2D eigenvalue weighted by molar-refractivity contribution is 0.127. The maximum atomic E-state index is 9.16. The molecule has 0 saturated carbocycles. The van der Waals surface area contributed by atoms with Crippen molar-refractivity contribution in [3.8, 4) is 0 Å². The number of hydrogen-bond donors (Lipinski definition) is 4. The third kappa shape index (κ3) is 49.6. The first-order valence-corrected chi connectivity index (χ1v) is 11.4. The number of aliphatic hydroxyl groups is 2. The van der Waals surface area contributed by atoms with Crippen molar-refractivity contribution in [1.82, 2.24) is 5.32 Å². The minimum absolute atomic E-state index is 0.167. The van der Waals surface area contributed by atoms with Crippen LogP contribution in [0, 0.1) is 0 Å². The highest BCUT2D eigenvalue weighted by molar-refractivity contribution is 7.99. The van der Waals surface area contributed by atoms with E-state index in [-0.39, 0.29) is 12.3 Å². The van der Waals surface area contributed by atoms with Crippen LogP contribution in [0.1, 0.15) is 87.5 Å². The van der Waals surface area contributed by atoms with Crippen LogP contribution in [0.2, 0.25) is 0 Å². The molecule has 0 rings (SSSR count). The zero-order valence-electron chi connectivity index (χ0n) is 19.0. The Morgan fingerprint density at radius 1 is 1.12 bits per heavy atom.